The van der Waals surface area contributed by atoms with Crippen LogP contribution in [-0.4, -0.2) is 36.9 Å². The number of sulfone groups is 1. The highest BCUT2D eigenvalue weighted by molar-refractivity contribution is 7.91. The number of hydrogen-bond acceptors (Lipinski definition) is 5. The van der Waals surface area contributed by atoms with Crippen molar-refractivity contribution in [3.63, 3.8) is 0 Å². The molecule has 1 unspecified atom stereocenters. The Balaban J connectivity index is 1.60. The molecular formula is C17H19N3O3S. The second-order valence-corrected chi connectivity index (χ2v) is 8.23. The van der Waals surface area contributed by atoms with Crippen LogP contribution in [0.1, 0.15) is 22.3 Å². The molecule has 1 aliphatic rings. The minimum Gasteiger partial charge on any atom is -0.366 e. The number of aryl methyl sites for hydroxylation is 1. The molecule has 7 heteroatoms. The van der Waals surface area contributed by atoms with Crippen molar-refractivity contribution in [1.82, 2.24) is 4.98 Å². The molecule has 0 saturated carbocycles. The van der Waals surface area contributed by atoms with Crippen molar-refractivity contribution in [2.75, 3.05) is 22.1 Å². The zero-order valence-electron chi connectivity index (χ0n) is 13.3. The van der Waals surface area contributed by atoms with Crippen LogP contribution in [0.25, 0.3) is 0 Å². The molecule has 0 spiro atoms. The molecule has 126 valence electrons. The van der Waals surface area contributed by atoms with Gasteiger partial charge in [0.1, 0.15) is 5.82 Å². The van der Waals surface area contributed by atoms with Crippen LogP contribution in [0.2, 0.25) is 0 Å². The summed E-state index contributed by atoms with van der Waals surface area (Å²) >= 11 is 0. The van der Waals surface area contributed by atoms with Crippen molar-refractivity contribution in [2.24, 2.45) is 0 Å². The van der Waals surface area contributed by atoms with Gasteiger partial charge < -0.3 is 10.6 Å². The molecule has 1 saturated heterocycles. The topological polar surface area (TPSA) is 88.2 Å². The zero-order valence-corrected chi connectivity index (χ0v) is 14.1. The van der Waals surface area contributed by atoms with Crippen LogP contribution in [0.3, 0.4) is 0 Å². The van der Waals surface area contributed by atoms with Crippen LogP contribution in [0.15, 0.2) is 42.6 Å². The molecule has 1 fully saturated rings. The second kappa shape index (κ2) is 6.60. The van der Waals surface area contributed by atoms with E-state index in [0.717, 1.165) is 5.56 Å². The fourth-order valence-corrected chi connectivity index (χ4v) is 4.25. The summed E-state index contributed by atoms with van der Waals surface area (Å²) in [5.74, 6) is 0.764. The van der Waals surface area contributed by atoms with Gasteiger partial charge in [0.2, 0.25) is 0 Å². The van der Waals surface area contributed by atoms with E-state index < -0.39 is 9.84 Å². The molecule has 2 heterocycles. The molecule has 1 aromatic heterocycles. The van der Waals surface area contributed by atoms with E-state index >= 15 is 0 Å². The summed E-state index contributed by atoms with van der Waals surface area (Å²) in [6.07, 6.45) is 2.15. The highest BCUT2D eigenvalue weighted by Gasteiger charge is 2.27. The Morgan fingerprint density at radius 2 is 1.92 bits per heavy atom. The summed E-state index contributed by atoms with van der Waals surface area (Å²) in [4.78, 5) is 16.4. The average molecular weight is 345 g/mol. The van der Waals surface area contributed by atoms with Gasteiger partial charge in [-0.1, -0.05) is 17.7 Å². The molecule has 2 N–H and O–H groups in total. The lowest BCUT2D eigenvalue weighted by Gasteiger charge is -2.12. The fraction of sp³-hybridized carbons (Fsp3) is 0.294. The van der Waals surface area contributed by atoms with Crippen LogP contribution in [-0.2, 0) is 9.84 Å². The third-order valence-electron chi connectivity index (χ3n) is 3.92. The van der Waals surface area contributed by atoms with E-state index in [9.17, 15) is 13.2 Å². The third-order valence-corrected chi connectivity index (χ3v) is 5.69. The van der Waals surface area contributed by atoms with Gasteiger partial charge in [-0.3, -0.25) is 4.79 Å². The Morgan fingerprint density at radius 3 is 2.50 bits per heavy atom. The van der Waals surface area contributed by atoms with Gasteiger partial charge in [0.05, 0.1) is 23.4 Å². The van der Waals surface area contributed by atoms with Gasteiger partial charge in [0.15, 0.2) is 9.84 Å². The molecule has 1 amide bonds. The first-order chi connectivity index (χ1) is 11.4. The van der Waals surface area contributed by atoms with Crippen molar-refractivity contribution >= 4 is 27.2 Å². The molecule has 3 rings (SSSR count). The van der Waals surface area contributed by atoms with Gasteiger partial charge in [-0.2, -0.15) is 0 Å². The van der Waals surface area contributed by atoms with Crippen LogP contribution in [0.4, 0.5) is 11.5 Å². The summed E-state index contributed by atoms with van der Waals surface area (Å²) in [6.45, 7) is 1.97. The van der Waals surface area contributed by atoms with Crippen molar-refractivity contribution in [2.45, 2.75) is 19.4 Å². The highest BCUT2D eigenvalue weighted by atomic mass is 32.2. The van der Waals surface area contributed by atoms with E-state index in [1.54, 1.807) is 30.5 Å². The normalized spacial score (nSPS) is 19.0. The lowest BCUT2D eigenvalue weighted by molar-refractivity contribution is 0.102. The van der Waals surface area contributed by atoms with Crippen molar-refractivity contribution < 1.29 is 13.2 Å². The lowest BCUT2D eigenvalue weighted by atomic mass is 10.1. The Bertz CT molecular complexity index is 830. The van der Waals surface area contributed by atoms with Crippen LogP contribution < -0.4 is 10.6 Å². The first-order valence-electron chi connectivity index (χ1n) is 7.72. The number of hydrogen-bond donors (Lipinski definition) is 2. The molecule has 0 bridgehead atoms. The summed E-state index contributed by atoms with van der Waals surface area (Å²) in [7, 11) is -2.92. The number of aromatic nitrogens is 1. The number of nitrogens with one attached hydrogen (secondary N) is 2. The lowest BCUT2D eigenvalue weighted by Crippen LogP contribution is -2.21. The van der Waals surface area contributed by atoms with Gasteiger partial charge in [-0.05, 0) is 37.6 Å². The molecule has 1 aromatic carbocycles. The molecule has 0 aliphatic carbocycles. The van der Waals surface area contributed by atoms with Gasteiger partial charge in [-0.25, -0.2) is 13.4 Å². The quantitative estimate of drug-likeness (QED) is 0.887. The molecular weight excluding hydrogens is 326 g/mol. The van der Waals surface area contributed by atoms with Gasteiger partial charge in [0, 0.05) is 11.6 Å². The number of rotatable bonds is 4. The largest absolute Gasteiger partial charge is 0.366 e. The standard InChI is InChI=1S/C17H19N3O3S/c1-12-2-4-13(5-3-12)17(21)20-14-6-7-16(18-10-14)19-15-8-9-24(22,23)11-15/h2-7,10,15H,8-9,11H2,1H3,(H,18,19)(H,20,21). The predicted octanol–water partition coefficient (Wildman–Crippen LogP) is 2.24. The van der Waals surface area contributed by atoms with E-state index in [2.05, 4.69) is 15.6 Å². The molecule has 2 aromatic rings. The Morgan fingerprint density at radius 1 is 1.17 bits per heavy atom. The van der Waals surface area contributed by atoms with E-state index in [0.29, 0.717) is 23.5 Å². The van der Waals surface area contributed by atoms with Crippen molar-refractivity contribution in [3.05, 3.63) is 53.7 Å². The van der Waals surface area contributed by atoms with Crippen LogP contribution in [0.5, 0.6) is 0 Å². The SMILES string of the molecule is Cc1ccc(C(=O)Nc2ccc(NC3CCS(=O)(=O)C3)nc2)cc1. The first-order valence-corrected chi connectivity index (χ1v) is 9.54. The van der Waals surface area contributed by atoms with Crippen LogP contribution >= 0.6 is 0 Å². The predicted molar refractivity (Wildman–Crippen MR) is 94.1 cm³/mol. The van der Waals surface area contributed by atoms with Crippen LogP contribution in [0, 0.1) is 6.92 Å². The fourth-order valence-electron chi connectivity index (χ4n) is 2.58. The van der Waals surface area contributed by atoms with E-state index in [1.165, 1.54) is 0 Å². The van der Waals surface area contributed by atoms with Gasteiger partial charge >= 0.3 is 0 Å². The van der Waals surface area contributed by atoms with Gasteiger partial charge in [-0.15, -0.1) is 0 Å². The third kappa shape index (κ3) is 4.11. The van der Waals surface area contributed by atoms with Crippen molar-refractivity contribution in [1.29, 1.82) is 0 Å². The summed E-state index contributed by atoms with van der Waals surface area (Å²) in [5, 5.41) is 5.90. The Labute approximate surface area is 141 Å². The number of benzene rings is 1. The molecule has 24 heavy (non-hydrogen) atoms. The molecule has 1 atom stereocenters. The zero-order chi connectivity index (χ0) is 17.2. The highest BCUT2D eigenvalue weighted by Crippen LogP contribution is 2.17. The smallest absolute Gasteiger partial charge is 0.255 e. The molecule has 0 radical (unpaired) electrons. The maximum Gasteiger partial charge on any atom is 0.255 e. The van der Waals surface area contributed by atoms with Crippen molar-refractivity contribution in [3.8, 4) is 0 Å². The van der Waals surface area contributed by atoms with Gasteiger partial charge in [0.25, 0.3) is 5.91 Å². The summed E-state index contributed by atoms with van der Waals surface area (Å²) in [6, 6.07) is 10.7. The number of nitrogens with zero attached hydrogens (tertiary/aromatic N) is 1. The summed E-state index contributed by atoms with van der Waals surface area (Å²) in [5.41, 5.74) is 2.27. The number of carbonyl (C=O) groups is 1. The first kappa shape index (κ1) is 16.4. The Hall–Kier alpha value is -2.41. The van der Waals surface area contributed by atoms with E-state index in [1.807, 2.05) is 19.1 Å². The average Bonchev–Trinajstić information content (AvgIpc) is 2.88. The maximum atomic E-state index is 12.1. The maximum absolute atomic E-state index is 12.1. The van der Waals surface area contributed by atoms with E-state index in [-0.39, 0.29) is 23.5 Å². The number of pyridine rings is 1. The monoisotopic (exact) mass is 345 g/mol. The minimum absolute atomic E-state index is 0.101. The second-order valence-electron chi connectivity index (χ2n) is 6.00. The minimum atomic E-state index is -2.92. The van der Waals surface area contributed by atoms with E-state index in [4.69, 9.17) is 0 Å². The molecule has 1 aliphatic heterocycles. The Kier molecular flexibility index (Phi) is 4.53. The number of carbonyl (C=O) groups excluding carboxylic acids is 1. The molecule has 6 nitrogen and oxygen atoms in total. The number of anilines is 2. The summed E-state index contributed by atoms with van der Waals surface area (Å²) < 4.78 is 22.9. The number of amides is 1.